The van der Waals surface area contributed by atoms with Crippen molar-refractivity contribution in [2.75, 3.05) is 0 Å². The molecule has 3 nitrogen and oxygen atoms in total. The number of aliphatic hydroxyl groups excluding tert-OH is 1. The van der Waals surface area contributed by atoms with Gasteiger partial charge in [0.25, 0.3) is 0 Å². The van der Waals surface area contributed by atoms with Gasteiger partial charge in [0.2, 0.25) is 0 Å². The second-order valence-electron chi connectivity index (χ2n) is 7.02. The SMILES string of the molecule is CCCCCCCC/C=C\CCCCCCCC(O)c1ccncn1. The molecule has 0 aliphatic carbocycles. The molecule has 0 aromatic carbocycles. The highest BCUT2D eigenvalue weighted by molar-refractivity contribution is 5.01. The minimum absolute atomic E-state index is 0.437. The predicted octanol–water partition coefficient (Wildman–Crippen LogP) is 6.55. The van der Waals surface area contributed by atoms with Gasteiger partial charge in [0.05, 0.1) is 11.8 Å². The van der Waals surface area contributed by atoms with Crippen LogP contribution in [0.25, 0.3) is 0 Å². The number of rotatable bonds is 16. The summed E-state index contributed by atoms with van der Waals surface area (Å²) < 4.78 is 0. The van der Waals surface area contributed by atoms with Crippen LogP contribution >= 0.6 is 0 Å². The molecule has 0 bridgehead atoms. The van der Waals surface area contributed by atoms with E-state index >= 15 is 0 Å². The van der Waals surface area contributed by atoms with Crippen LogP contribution in [0.1, 0.15) is 109 Å². The predicted molar refractivity (Wildman–Crippen MR) is 106 cm³/mol. The number of aliphatic hydroxyl groups is 1. The number of nitrogens with zero attached hydrogens (tertiary/aromatic N) is 2. The molecule has 0 amide bonds. The van der Waals surface area contributed by atoms with Crippen LogP contribution < -0.4 is 0 Å². The molecule has 25 heavy (non-hydrogen) atoms. The second kappa shape index (κ2) is 16.3. The highest BCUT2D eigenvalue weighted by Gasteiger charge is 2.07. The van der Waals surface area contributed by atoms with Crippen LogP contribution in [-0.4, -0.2) is 15.1 Å². The van der Waals surface area contributed by atoms with E-state index < -0.39 is 6.10 Å². The van der Waals surface area contributed by atoms with Gasteiger partial charge in [0.15, 0.2) is 0 Å². The lowest BCUT2D eigenvalue weighted by Crippen LogP contribution is -2.00. The topological polar surface area (TPSA) is 46.0 Å². The molecule has 1 N–H and O–H groups in total. The van der Waals surface area contributed by atoms with Crippen molar-refractivity contribution in [3.8, 4) is 0 Å². The van der Waals surface area contributed by atoms with Crippen LogP contribution in [-0.2, 0) is 0 Å². The van der Waals surface area contributed by atoms with Gasteiger partial charge in [-0.3, -0.25) is 0 Å². The van der Waals surface area contributed by atoms with Crippen molar-refractivity contribution in [2.24, 2.45) is 0 Å². The molecule has 0 saturated heterocycles. The van der Waals surface area contributed by atoms with Gasteiger partial charge in [0, 0.05) is 6.20 Å². The monoisotopic (exact) mass is 346 g/mol. The van der Waals surface area contributed by atoms with E-state index in [0.29, 0.717) is 0 Å². The van der Waals surface area contributed by atoms with E-state index in [1.54, 1.807) is 12.3 Å². The molecule has 0 aliphatic rings. The van der Waals surface area contributed by atoms with Crippen LogP contribution in [0.15, 0.2) is 30.7 Å². The first kappa shape index (κ1) is 21.8. The van der Waals surface area contributed by atoms with Crippen LogP contribution in [0.2, 0.25) is 0 Å². The molecule has 0 radical (unpaired) electrons. The molecular weight excluding hydrogens is 308 g/mol. The summed E-state index contributed by atoms with van der Waals surface area (Å²) in [6.45, 7) is 2.27. The minimum Gasteiger partial charge on any atom is -0.387 e. The van der Waals surface area contributed by atoms with Gasteiger partial charge in [-0.15, -0.1) is 0 Å². The fourth-order valence-electron chi connectivity index (χ4n) is 3.05. The Labute approximate surface area is 155 Å². The maximum Gasteiger partial charge on any atom is 0.115 e. The first-order chi connectivity index (χ1) is 12.3. The average molecular weight is 347 g/mol. The molecule has 1 rings (SSSR count). The van der Waals surface area contributed by atoms with Gasteiger partial charge < -0.3 is 5.11 Å². The molecule has 3 heteroatoms. The molecule has 0 fully saturated rings. The van der Waals surface area contributed by atoms with E-state index in [9.17, 15) is 5.11 Å². The first-order valence-electron chi connectivity index (χ1n) is 10.4. The van der Waals surface area contributed by atoms with Crippen molar-refractivity contribution in [3.05, 3.63) is 36.4 Å². The van der Waals surface area contributed by atoms with E-state index in [-0.39, 0.29) is 0 Å². The molecule has 1 unspecified atom stereocenters. The van der Waals surface area contributed by atoms with Gasteiger partial charge in [-0.25, -0.2) is 9.97 Å². The molecule has 1 aromatic heterocycles. The zero-order valence-corrected chi connectivity index (χ0v) is 16.2. The standard InChI is InChI=1S/C22H38N2O/c1-2-3-4-5-6-7-8-9-10-11-12-13-14-15-16-17-22(25)21-18-19-23-20-24-21/h9-10,18-20,22,25H,2-8,11-17H2,1H3/b10-9-. The number of hydrogen-bond donors (Lipinski definition) is 1. The van der Waals surface area contributed by atoms with Crippen molar-refractivity contribution in [2.45, 2.75) is 103 Å². The molecule has 1 aromatic rings. The summed E-state index contributed by atoms with van der Waals surface area (Å²) in [5, 5.41) is 10.0. The van der Waals surface area contributed by atoms with Gasteiger partial charge >= 0.3 is 0 Å². The Hall–Kier alpha value is -1.22. The molecule has 142 valence electrons. The number of unbranched alkanes of at least 4 members (excludes halogenated alkanes) is 11. The van der Waals surface area contributed by atoms with E-state index in [4.69, 9.17) is 0 Å². The fraction of sp³-hybridized carbons (Fsp3) is 0.727. The lowest BCUT2D eigenvalue weighted by Gasteiger charge is -2.08. The summed E-state index contributed by atoms with van der Waals surface area (Å²) in [6, 6.07) is 1.79. The Balaban J connectivity index is 1.83. The van der Waals surface area contributed by atoms with Crippen LogP contribution in [0.3, 0.4) is 0 Å². The number of allylic oxidation sites excluding steroid dienone is 2. The molecule has 0 aliphatic heterocycles. The zero-order valence-electron chi connectivity index (χ0n) is 16.2. The Kier molecular flexibility index (Phi) is 14.2. The molecule has 0 saturated carbocycles. The van der Waals surface area contributed by atoms with E-state index in [2.05, 4.69) is 29.0 Å². The first-order valence-corrected chi connectivity index (χ1v) is 10.4. The summed E-state index contributed by atoms with van der Waals surface area (Å²) in [5.74, 6) is 0. The second-order valence-corrected chi connectivity index (χ2v) is 7.02. The van der Waals surface area contributed by atoms with E-state index in [0.717, 1.165) is 18.5 Å². The third-order valence-corrected chi connectivity index (χ3v) is 4.69. The van der Waals surface area contributed by atoms with Crippen LogP contribution in [0.4, 0.5) is 0 Å². The van der Waals surface area contributed by atoms with Crippen molar-refractivity contribution >= 4 is 0 Å². The molecule has 1 heterocycles. The van der Waals surface area contributed by atoms with Gasteiger partial charge in [-0.05, 0) is 38.2 Å². The maximum absolute atomic E-state index is 10.0. The minimum atomic E-state index is -0.437. The summed E-state index contributed by atoms with van der Waals surface area (Å²) in [6.07, 6.45) is 25.2. The maximum atomic E-state index is 10.0. The van der Waals surface area contributed by atoms with Crippen molar-refractivity contribution in [1.82, 2.24) is 9.97 Å². The third-order valence-electron chi connectivity index (χ3n) is 4.69. The highest BCUT2D eigenvalue weighted by atomic mass is 16.3. The van der Waals surface area contributed by atoms with Crippen molar-refractivity contribution < 1.29 is 5.11 Å². The number of hydrogen-bond acceptors (Lipinski definition) is 3. The van der Waals surface area contributed by atoms with E-state index in [1.807, 2.05) is 0 Å². The Bertz CT molecular complexity index is 419. The molecular formula is C22H38N2O. The van der Waals surface area contributed by atoms with E-state index in [1.165, 1.54) is 83.4 Å². The zero-order chi connectivity index (χ0) is 18.0. The van der Waals surface area contributed by atoms with Crippen molar-refractivity contribution in [1.29, 1.82) is 0 Å². The normalized spacial score (nSPS) is 12.7. The third kappa shape index (κ3) is 12.7. The van der Waals surface area contributed by atoms with Crippen LogP contribution in [0.5, 0.6) is 0 Å². The fourth-order valence-corrected chi connectivity index (χ4v) is 3.05. The smallest absolute Gasteiger partial charge is 0.115 e. The summed E-state index contributed by atoms with van der Waals surface area (Å²) in [5.41, 5.74) is 0.741. The Morgan fingerprint density at radius 3 is 2.08 bits per heavy atom. The Morgan fingerprint density at radius 2 is 1.48 bits per heavy atom. The lowest BCUT2D eigenvalue weighted by molar-refractivity contribution is 0.158. The van der Waals surface area contributed by atoms with Gasteiger partial charge in [0.1, 0.15) is 6.33 Å². The Morgan fingerprint density at radius 1 is 0.880 bits per heavy atom. The molecule has 0 spiro atoms. The van der Waals surface area contributed by atoms with Crippen molar-refractivity contribution in [3.63, 3.8) is 0 Å². The molecule has 1 atom stereocenters. The summed E-state index contributed by atoms with van der Waals surface area (Å²) >= 11 is 0. The van der Waals surface area contributed by atoms with Gasteiger partial charge in [-0.2, -0.15) is 0 Å². The summed E-state index contributed by atoms with van der Waals surface area (Å²) in [4.78, 5) is 7.97. The van der Waals surface area contributed by atoms with Gasteiger partial charge in [-0.1, -0.05) is 76.9 Å². The lowest BCUT2D eigenvalue weighted by atomic mass is 10.0. The summed E-state index contributed by atoms with van der Waals surface area (Å²) in [7, 11) is 0. The number of aromatic nitrogens is 2. The average Bonchev–Trinajstić information content (AvgIpc) is 2.65. The van der Waals surface area contributed by atoms with Crippen LogP contribution in [0, 0.1) is 0 Å². The quantitative estimate of drug-likeness (QED) is 0.273. The largest absolute Gasteiger partial charge is 0.387 e. The highest BCUT2D eigenvalue weighted by Crippen LogP contribution is 2.17.